The van der Waals surface area contributed by atoms with Crippen molar-refractivity contribution in [3.63, 3.8) is 0 Å². The van der Waals surface area contributed by atoms with Crippen LogP contribution in [0.15, 0.2) is 12.5 Å². The molecule has 0 bridgehead atoms. The van der Waals surface area contributed by atoms with Gasteiger partial charge in [0, 0.05) is 32.8 Å². The number of carbonyl (C=O) groups is 1. The number of fused-ring (bicyclic) bond motifs is 1. The standard InChI is InChI=1S/C16H22N6O3/c23-8-7-22-15-12(10-19-22)14(17-11-18-15)20-3-5-21(6-4-20)16(24)13-2-1-9-25-13/h10-11,13,23H,1-9H2. The maximum atomic E-state index is 12.5. The second-order valence-corrected chi connectivity index (χ2v) is 6.34. The molecule has 9 heteroatoms. The highest BCUT2D eigenvalue weighted by molar-refractivity contribution is 5.87. The van der Waals surface area contributed by atoms with E-state index >= 15 is 0 Å². The second-order valence-electron chi connectivity index (χ2n) is 6.34. The summed E-state index contributed by atoms with van der Waals surface area (Å²) in [5, 5.41) is 14.3. The third-order valence-electron chi connectivity index (χ3n) is 4.82. The smallest absolute Gasteiger partial charge is 0.251 e. The van der Waals surface area contributed by atoms with Crippen LogP contribution in [0.2, 0.25) is 0 Å². The molecule has 4 heterocycles. The van der Waals surface area contributed by atoms with Gasteiger partial charge in [0.1, 0.15) is 18.2 Å². The zero-order valence-electron chi connectivity index (χ0n) is 14.0. The van der Waals surface area contributed by atoms with Crippen molar-refractivity contribution in [2.24, 2.45) is 0 Å². The first-order valence-corrected chi connectivity index (χ1v) is 8.70. The fourth-order valence-corrected chi connectivity index (χ4v) is 3.51. The summed E-state index contributed by atoms with van der Waals surface area (Å²) in [7, 11) is 0. The number of aliphatic hydroxyl groups is 1. The van der Waals surface area contributed by atoms with Crippen LogP contribution in [0.3, 0.4) is 0 Å². The normalized spacial score (nSPS) is 21.2. The Bertz CT molecular complexity index is 749. The number of nitrogens with zero attached hydrogens (tertiary/aromatic N) is 6. The Hall–Kier alpha value is -2.26. The topological polar surface area (TPSA) is 96.6 Å². The van der Waals surface area contributed by atoms with E-state index < -0.39 is 0 Å². The Morgan fingerprint density at radius 1 is 1.28 bits per heavy atom. The van der Waals surface area contributed by atoms with Gasteiger partial charge in [0.2, 0.25) is 0 Å². The molecule has 4 rings (SSSR count). The fourth-order valence-electron chi connectivity index (χ4n) is 3.51. The van der Waals surface area contributed by atoms with E-state index in [-0.39, 0.29) is 18.6 Å². The minimum atomic E-state index is -0.256. The Morgan fingerprint density at radius 2 is 2.12 bits per heavy atom. The summed E-state index contributed by atoms with van der Waals surface area (Å²) < 4.78 is 7.18. The molecule has 2 fully saturated rings. The van der Waals surface area contributed by atoms with E-state index in [1.165, 1.54) is 6.33 Å². The van der Waals surface area contributed by atoms with Crippen LogP contribution in [0.1, 0.15) is 12.8 Å². The maximum Gasteiger partial charge on any atom is 0.251 e. The minimum Gasteiger partial charge on any atom is -0.394 e. The molecule has 0 spiro atoms. The molecule has 1 N–H and O–H groups in total. The lowest BCUT2D eigenvalue weighted by molar-refractivity contribution is -0.141. The van der Waals surface area contributed by atoms with Crippen LogP contribution in [-0.2, 0) is 16.1 Å². The van der Waals surface area contributed by atoms with Gasteiger partial charge in [0.05, 0.1) is 24.7 Å². The number of rotatable bonds is 4. The van der Waals surface area contributed by atoms with Gasteiger partial charge in [-0.25, -0.2) is 14.6 Å². The van der Waals surface area contributed by atoms with Gasteiger partial charge in [-0.1, -0.05) is 0 Å². The molecule has 2 aromatic rings. The molecule has 2 aliphatic heterocycles. The van der Waals surface area contributed by atoms with Crippen molar-refractivity contribution in [2.75, 3.05) is 44.3 Å². The first-order chi connectivity index (χ1) is 12.3. The third kappa shape index (κ3) is 3.05. The molecule has 1 amide bonds. The van der Waals surface area contributed by atoms with Crippen LogP contribution in [0, 0.1) is 0 Å². The lowest BCUT2D eigenvalue weighted by atomic mass is 10.2. The quantitative estimate of drug-likeness (QED) is 0.808. The van der Waals surface area contributed by atoms with Crippen molar-refractivity contribution >= 4 is 22.8 Å². The van der Waals surface area contributed by atoms with Crippen molar-refractivity contribution in [1.29, 1.82) is 0 Å². The molecule has 0 radical (unpaired) electrons. The first kappa shape index (κ1) is 16.2. The fraction of sp³-hybridized carbons (Fsp3) is 0.625. The maximum absolute atomic E-state index is 12.5. The van der Waals surface area contributed by atoms with Crippen LogP contribution in [0.5, 0.6) is 0 Å². The molecule has 1 atom stereocenters. The van der Waals surface area contributed by atoms with Crippen LogP contribution >= 0.6 is 0 Å². The summed E-state index contributed by atoms with van der Waals surface area (Å²) in [6.07, 6.45) is 4.80. The molecule has 1 unspecified atom stereocenters. The predicted octanol–water partition coefficient (Wildman–Crippen LogP) is -0.354. The zero-order chi connectivity index (χ0) is 17.2. The lowest BCUT2D eigenvalue weighted by Gasteiger charge is -2.36. The second kappa shape index (κ2) is 6.93. The van der Waals surface area contributed by atoms with Gasteiger partial charge < -0.3 is 19.6 Å². The van der Waals surface area contributed by atoms with E-state index in [1.54, 1.807) is 10.9 Å². The molecule has 0 saturated carbocycles. The SMILES string of the molecule is O=C(C1CCCO1)N1CCN(c2ncnc3c2cnn3CCO)CC1. The Morgan fingerprint density at radius 3 is 2.84 bits per heavy atom. The molecule has 9 nitrogen and oxygen atoms in total. The van der Waals surface area contributed by atoms with E-state index in [4.69, 9.17) is 9.84 Å². The van der Waals surface area contributed by atoms with E-state index in [9.17, 15) is 4.79 Å². The summed E-state index contributed by atoms with van der Waals surface area (Å²) >= 11 is 0. The summed E-state index contributed by atoms with van der Waals surface area (Å²) in [5.41, 5.74) is 0.719. The van der Waals surface area contributed by atoms with Crippen molar-refractivity contribution < 1.29 is 14.6 Å². The number of aliphatic hydroxyl groups excluding tert-OH is 1. The molecule has 134 valence electrons. The lowest BCUT2D eigenvalue weighted by Crippen LogP contribution is -2.51. The van der Waals surface area contributed by atoms with Gasteiger partial charge in [-0.05, 0) is 12.8 Å². The predicted molar refractivity (Wildman–Crippen MR) is 90.2 cm³/mol. The Kier molecular flexibility index (Phi) is 4.50. The Balaban J connectivity index is 1.47. The van der Waals surface area contributed by atoms with Crippen LogP contribution in [0.25, 0.3) is 11.0 Å². The largest absolute Gasteiger partial charge is 0.394 e. The summed E-state index contributed by atoms with van der Waals surface area (Å²) in [6, 6.07) is 0. The van der Waals surface area contributed by atoms with Gasteiger partial charge in [-0.15, -0.1) is 0 Å². The Labute approximate surface area is 145 Å². The van der Waals surface area contributed by atoms with Crippen molar-refractivity contribution in [2.45, 2.75) is 25.5 Å². The van der Waals surface area contributed by atoms with E-state index in [1.807, 2.05) is 4.90 Å². The first-order valence-electron chi connectivity index (χ1n) is 8.70. The van der Waals surface area contributed by atoms with Gasteiger partial charge in [0.15, 0.2) is 5.65 Å². The van der Waals surface area contributed by atoms with Crippen LogP contribution < -0.4 is 4.90 Å². The molecule has 2 saturated heterocycles. The molecule has 2 aliphatic rings. The van der Waals surface area contributed by atoms with E-state index in [0.29, 0.717) is 26.2 Å². The molecule has 2 aromatic heterocycles. The molecular formula is C16H22N6O3. The molecular weight excluding hydrogens is 324 g/mol. The van der Waals surface area contributed by atoms with Crippen LogP contribution in [0.4, 0.5) is 5.82 Å². The van der Waals surface area contributed by atoms with Crippen molar-refractivity contribution in [3.05, 3.63) is 12.5 Å². The summed E-state index contributed by atoms with van der Waals surface area (Å²) in [5.74, 6) is 0.944. The summed E-state index contributed by atoms with van der Waals surface area (Å²) in [6.45, 7) is 3.87. The number of aromatic nitrogens is 4. The average molecular weight is 346 g/mol. The van der Waals surface area contributed by atoms with Crippen molar-refractivity contribution in [1.82, 2.24) is 24.6 Å². The average Bonchev–Trinajstić information content (AvgIpc) is 3.32. The van der Waals surface area contributed by atoms with E-state index in [0.717, 1.165) is 42.8 Å². The highest BCUT2D eigenvalue weighted by Crippen LogP contribution is 2.24. The van der Waals surface area contributed by atoms with Gasteiger partial charge in [-0.2, -0.15) is 5.10 Å². The minimum absolute atomic E-state index is 0.0140. The number of carbonyl (C=O) groups excluding carboxylic acids is 1. The number of ether oxygens (including phenoxy) is 1. The van der Waals surface area contributed by atoms with Crippen molar-refractivity contribution in [3.8, 4) is 0 Å². The zero-order valence-corrected chi connectivity index (χ0v) is 14.0. The van der Waals surface area contributed by atoms with E-state index in [2.05, 4.69) is 20.0 Å². The number of hydrogen-bond donors (Lipinski definition) is 1. The number of hydrogen-bond acceptors (Lipinski definition) is 7. The number of anilines is 1. The monoisotopic (exact) mass is 346 g/mol. The summed E-state index contributed by atoms with van der Waals surface area (Å²) in [4.78, 5) is 25.2. The molecule has 0 aliphatic carbocycles. The van der Waals surface area contributed by atoms with Gasteiger partial charge in [-0.3, -0.25) is 4.79 Å². The van der Waals surface area contributed by atoms with Gasteiger partial charge >= 0.3 is 0 Å². The van der Waals surface area contributed by atoms with Crippen LogP contribution in [-0.4, -0.2) is 81.2 Å². The molecule has 25 heavy (non-hydrogen) atoms. The molecule has 0 aromatic carbocycles. The number of piperazine rings is 1. The third-order valence-corrected chi connectivity index (χ3v) is 4.82. The number of amides is 1. The van der Waals surface area contributed by atoms with Gasteiger partial charge in [0.25, 0.3) is 5.91 Å². The highest BCUT2D eigenvalue weighted by atomic mass is 16.5. The highest BCUT2D eigenvalue weighted by Gasteiger charge is 2.31.